The molecular formula is C21H15NO8S2. The number of nitrogens with zero attached hydrogens (tertiary/aromatic N) is 1. The molecule has 0 radical (unpaired) electrons. The van der Waals surface area contributed by atoms with Crippen LogP contribution in [0.2, 0.25) is 0 Å². The fourth-order valence-electron chi connectivity index (χ4n) is 3.29. The van der Waals surface area contributed by atoms with Gasteiger partial charge < -0.3 is 4.42 Å². The van der Waals surface area contributed by atoms with Crippen molar-refractivity contribution in [1.82, 2.24) is 0 Å². The predicted octanol–water partition coefficient (Wildman–Crippen LogP) is 3.58. The molecule has 4 rings (SSSR count). The van der Waals surface area contributed by atoms with Crippen molar-refractivity contribution in [1.29, 1.82) is 0 Å². The molecule has 0 aliphatic rings. The SMILES string of the molecule is CC(=Nc1ccc2cc(S(=O)(=O)O)cc(S(=O)(=O)O)c2c1)c1cc2ccccc2oc1=O. The van der Waals surface area contributed by atoms with Crippen LogP contribution in [0.15, 0.2) is 84.7 Å². The number of hydrogen-bond donors (Lipinski definition) is 2. The molecule has 0 aliphatic heterocycles. The van der Waals surface area contributed by atoms with Crippen LogP contribution in [-0.2, 0) is 20.2 Å². The van der Waals surface area contributed by atoms with Gasteiger partial charge in [0.05, 0.1) is 21.9 Å². The van der Waals surface area contributed by atoms with Crippen LogP contribution in [0.25, 0.3) is 21.7 Å². The van der Waals surface area contributed by atoms with Crippen molar-refractivity contribution in [2.24, 2.45) is 4.99 Å². The summed E-state index contributed by atoms with van der Waals surface area (Å²) in [6, 6.07) is 14.5. The monoisotopic (exact) mass is 473 g/mol. The first-order chi connectivity index (χ1) is 14.9. The Morgan fingerprint density at radius 2 is 1.59 bits per heavy atom. The molecule has 4 aromatic rings. The number of fused-ring (bicyclic) bond motifs is 2. The molecule has 0 fully saturated rings. The molecule has 3 aromatic carbocycles. The fraction of sp³-hybridized carbons (Fsp3) is 0.0476. The average Bonchev–Trinajstić information content (AvgIpc) is 2.71. The van der Waals surface area contributed by atoms with Gasteiger partial charge in [-0.15, -0.1) is 0 Å². The van der Waals surface area contributed by atoms with Gasteiger partial charge in [-0.3, -0.25) is 14.1 Å². The van der Waals surface area contributed by atoms with Crippen LogP contribution < -0.4 is 5.63 Å². The van der Waals surface area contributed by atoms with Gasteiger partial charge in [-0.25, -0.2) is 4.79 Å². The lowest BCUT2D eigenvalue weighted by Gasteiger charge is -2.08. The van der Waals surface area contributed by atoms with Crippen LogP contribution >= 0.6 is 0 Å². The van der Waals surface area contributed by atoms with E-state index < -0.39 is 35.7 Å². The predicted molar refractivity (Wildman–Crippen MR) is 118 cm³/mol. The summed E-state index contributed by atoms with van der Waals surface area (Å²) in [7, 11) is -9.54. The summed E-state index contributed by atoms with van der Waals surface area (Å²) in [6.45, 7) is 1.58. The van der Waals surface area contributed by atoms with Crippen molar-refractivity contribution in [3.05, 3.63) is 76.6 Å². The van der Waals surface area contributed by atoms with Gasteiger partial charge in [-0.05, 0) is 48.7 Å². The van der Waals surface area contributed by atoms with Crippen molar-refractivity contribution < 1.29 is 30.4 Å². The Morgan fingerprint density at radius 1 is 0.875 bits per heavy atom. The average molecular weight is 473 g/mol. The van der Waals surface area contributed by atoms with Crippen LogP contribution in [0.3, 0.4) is 0 Å². The van der Waals surface area contributed by atoms with E-state index in [1.807, 2.05) is 0 Å². The van der Waals surface area contributed by atoms with Crippen LogP contribution in [0, 0.1) is 0 Å². The zero-order valence-corrected chi connectivity index (χ0v) is 18.0. The Hall–Kier alpha value is -3.38. The lowest BCUT2D eigenvalue weighted by atomic mass is 10.1. The van der Waals surface area contributed by atoms with Crippen molar-refractivity contribution in [2.75, 3.05) is 0 Å². The zero-order valence-electron chi connectivity index (χ0n) is 16.4. The fourth-order valence-corrected chi connectivity index (χ4v) is 4.63. The van der Waals surface area contributed by atoms with Crippen LogP contribution in [0.5, 0.6) is 0 Å². The maximum atomic E-state index is 12.4. The van der Waals surface area contributed by atoms with E-state index in [0.717, 1.165) is 6.07 Å². The maximum absolute atomic E-state index is 12.4. The highest BCUT2D eigenvalue weighted by Gasteiger charge is 2.20. The van der Waals surface area contributed by atoms with Crippen molar-refractivity contribution in [3.8, 4) is 0 Å². The third kappa shape index (κ3) is 4.18. The smallest absolute Gasteiger partial charge is 0.345 e. The highest BCUT2D eigenvalue weighted by Crippen LogP contribution is 2.30. The molecule has 2 N–H and O–H groups in total. The van der Waals surface area contributed by atoms with Gasteiger partial charge in [-0.1, -0.05) is 24.3 Å². The molecule has 1 heterocycles. The zero-order chi connectivity index (χ0) is 23.3. The van der Waals surface area contributed by atoms with E-state index in [1.54, 1.807) is 37.3 Å². The lowest BCUT2D eigenvalue weighted by molar-refractivity contribution is 0.482. The number of benzene rings is 3. The lowest BCUT2D eigenvalue weighted by Crippen LogP contribution is -2.11. The van der Waals surface area contributed by atoms with Gasteiger partial charge in [0.25, 0.3) is 20.2 Å². The number of para-hydroxylation sites is 1. The number of aliphatic imine (C=N–C) groups is 1. The summed E-state index contributed by atoms with van der Waals surface area (Å²) in [5.41, 5.74) is 0.578. The molecule has 32 heavy (non-hydrogen) atoms. The summed E-state index contributed by atoms with van der Waals surface area (Å²) in [5, 5.41) is 0.815. The first-order valence-corrected chi connectivity index (χ1v) is 11.9. The minimum atomic E-state index is -4.83. The summed E-state index contributed by atoms with van der Waals surface area (Å²) in [6.07, 6.45) is 0. The van der Waals surface area contributed by atoms with E-state index in [1.165, 1.54) is 18.2 Å². The molecule has 164 valence electrons. The van der Waals surface area contributed by atoms with Crippen molar-refractivity contribution in [3.63, 3.8) is 0 Å². The third-order valence-corrected chi connectivity index (χ3v) is 6.50. The van der Waals surface area contributed by atoms with Gasteiger partial charge in [0.2, 0.25) is 0 Å². The standard InChI is InChI=1S/C21H15NO8S2/c1-12(17-9-14-4-2-3-5-19(14)30-21(17)23)22-15-7-6-13-8-16(31(24,25)26)11-20(18(13)10-15)32(27,28)29/h2-11H,1H3,(H,24,25,26)(H,27,28,29). The molecule has 0 unspecified atom stereocenters. The van der Waals surface area contributed by atoms with Crippen molar-refractivity contribution in [2.45, 2.75) is 16.7 Å². The van der Waals surface area contributed by atoms with Gasteiger partial charge in [0.1, 0.15) is 10.5 Å². The first-order valence-electron chi connectivity index (χ1n) is 9.05. The van der Waals surface area contributed by atoms with Gasteiger partial charge in [0, 0.05) is 10.8 Å². The molecule has 0 spiro atoms. The van der Waals surface area contributed by atoms with E-state index in [4.69, 9.17) is 4.42 Å². The Labute approximate surface area is 182 Å². The number of rotatable bonds is 4. The van der Waals surface area contributed by atoms with E-state index >= 15 is 0 Å². The molecule has 11 heteroatoms. The third-order valence-electron chi connectivity index (χ3n) is 4.78. The molecule has 1 aromatic heterocycles. The maximum Gasteiger partial charge on any atom is 0.345 e. The molecule has 0 amide bonds. The van der Waals surface area contributed by atoms with Gasteiger partial charge in [-0.2, -0.15) is 16.8 Å². The Bertz CT molecular complexity index is 1700. The molecular weight excluding hydrogens is 458 g/mol. The van der Waals surface area contributed by atoms with E-state index in [9.17, 15) is 30.7 Å². The topological polar surface area (TPSA) is 151 Å². The molecule has 0 saturated carbocycles. The van der Waals surface area contributed by atoms with Gasteiger partial charge in [0.15, 0.2) is 0 Å². The minimum absolute atomic E-state index is 0.0144. The Kier molecular flexibility index (Phi) is 5.21. The molecule has 0 bridgehead atoms. The highest BCUT2D eigenvalue weighted by atomic mass is 32.2. The summed E-state index contributed by atoms with van der Waals surface area (Å²) >= 11 is 0. The largest absolute Gasteiger partial charge is 0.422 e. The first kappa shape index (κ1) is 21.8. The minimum Gasteiger partial charge on any atom is -0.422 e. The molecule has 0 aliphatic carbocycles. The second-order valence-corrected chi connectivity index (χ2v) is 9.77. The van der Waals surface area contributed by atoms with Gasteiger partial charge >= 0.3 is 5.63 Å². The van der Waals surface area contributed by atoms with Crippen LogP contribution in [0.1, 0.15) is 12.5 Å². The van der Waals surface area contributed by atoms with Crippen LogP contribution in [0.4, 0.5) is 5.69 Å². The Morgan fingerprint density at radius 3 is 2.28 bits per heavy atom. The molecule has 9 nitrogen and oxygen atoms in total. The summed E-state index contributed by atoms with van der Waals surface area (Å²) < 4.78 is 70.8. The number of hydrogen-bond acceptors (Lipinski definition) is 7. The van der Waals surface area contributed by atoms with E-state index in [-0.39, 0.29) is 22.0 Å². The normalized spacial score (nSPS) is 13.0. The summed E-state index contributed by atoms with van der Waals surface area (Å²) in [5.74, 6) is 0. The van der Waals surface area contributed by atoms with E-state index in [2.05, 4.69) is 4.99 Å². The second-order valence-electron chi connectivity index (χ2n) is 6.96. The quantitative estimate of drug-likeness (QED) is 0.259. The van der Waals surface area contributed by atoms with E-state index in [0.29, 0.717) is 22.7 Å². The van der Waals surface area contributed by atoms with Crippen LogP contribution in [-0.4, -0.2) is 31.7 Å². The molecule has 0 atom stereocenters. The summed E-state index contributed by atoms with van der Waals surface area (Å²) in [4.78, 5) is 15.3. The second kappa shape index (κ2) is 7.64. The molecule has 0 saturated heterocycles. The Balaban J connectivity index is 1.90. The highest BCUT2D eigenvalue weighted by molar-refractivity contribution is 7.86. The van der Waals surface area contributed by atoms with Crippen molar-refractivity contribution >= 4 is 53.4 Å².